The smallest absolute Gasteiger partial charge is 0.304 e. The number of hydrogen-bond donors (Lipinski definition) is 1. The Morgan fingerprint density at radius 1 is 1.15 bits per heavy atom. The van der Waals surface area contributed by atoms with Crippen LogP contribution in [0.5, 0.6) is 0 Å². The highest BCUT2D eigenvalue weighted by Crippen LogP contribution is 2.29. The molecule has 2 fully saturated rings. The van der Waals surface area contributed by atoms with Crippen molar-refractivity contribution >= 4 is 26.8 Å². The van der Waals surface area contributed by atoms with Gasteiger partial charge in [-0.2, -0.15) is 0 Å². The van der Waals surface area contributed by atoms with Crippen LogP contribution in [0.4, 0.5) is 0 Å². The van der Waals surface area contributed by atoms with E-state index in [4.69, 9.17) is 9.52 Å². The summed E-state index contributed by atoms with van der Waals surface area (Å²) < 4.78 is 30.3. The maximum absolute atomic E-state index is 12.2. The zero-order valence-electron chi connectivity index (χ0n) is 14.4. The third kappa shape index (κ3) is 3.49. The maximum atomic E-state index is 12.2. The Bertz CT molecular complexity index is 890. The molecule has 2 atom stereocenters. The summed E-state index contributed by atoms with van der Waals surface area (Å²) >= 11 is 0. The van der Waals surface area contributed by atoms with Crippen molar-refractivity contribution in [3.8, 4) is 0 Å². The SMILES string of the molecule is O=C(O)CCN1CCN(Cc2cc3ccccc3o2)[C@@H]2CS(=O)(=O)C[C@@H]21. The fourth-order valence-corrected chi connectivity index (χ4v) is 6.17. The number of aliphatic carboxylic acids is 1. The van der Waals surface area contributed by atoms with Crippen LogP contribution >= 0.6 is 0 Å². The van der Waals surface area contributed by atoms with Gasteiger partial charge in [0.25, 0.3) is 0 Å². The normalized spacial score (nSPS) is 26.2. The molecule has 0 unspecified atom stereocenters. The quantitative estimate of drug-likeness (QED) is 0.836. The first-order chi connectivity index (χ1) is 12.4. The number of benzene rings is 1. The van der Waals surface area contributed by atoms with Crippen LogP contribution in [0.15, 0.2) is 34.7 Å². The highest BCUT2D eigenvalue weighted by molar-refractivity contribution is 7.91. The largest absolute Gasteiger partial charge is 0.481 e. The van der Waals surface area contributed by atoms with E-state index >= 15 is 0 Å². The first-order valence-electron chi connectivity index (χ1n) is 8.79. The minimum absolute atomic E-state index is 0.0346. The van der Waals surface area contributed by atoms with E-state index in [0.717, 1.165) is 16.7 Å². The van der Waals surface area contributed by atoms with Crippen molar-refractivity contribution in [1.29, 1.82) is 0 Å². The summed E-state index contributed by atoms with van der Waals surface area (Å²) in [4.78, 5) is 15.1. The van der Waals surface area contributed by atoms with Gasteiger partial charge in [0.05, 0.1) is 24.5 Å². The average Bonchev–Trinajstić information content (AvgIpc) is 3.13. The Morgan fingerprint density at radius 3 is 2.58 bits per heavy atom. The molecule has 2 aromatic rings. The molecule has 1 aromatic heterocycles. The Labute approximate surface area is 152 Å². The van der Waals surface area contributed by atoms with Gasteiger partial charge in [0, 0.05) is 37.1 Å². The number of furan rings is 1. The first-order valence-corrected chi connectivity index (χ1v) is 10.6. The van der Waals surface area contributed by atoms with Crippen molar-refractivity contribution in [2.75, 3.05) is 31.1 Å². The molecule has 4 rings (SSSR count). The molecular weight excluding hydrogens is 356 g/mol. The van der Waals surface area contributed by atoms with Crippen LogP contribution < -0.4 is 0 Å². The molecule has 1 N–H and O–H groups in total. The second-order valence-electron chi connectivity index (χ2n) is 7.11. The number of carbonyl (C=O) groups is 1. The van der Waals surface area contributed by atoms with E-state index in [2.05, 4.69) is 4.90 Å². The molecule has 26 heavy (non-hydrogen) atoms. The van der Waals surface area contributed by atoms with Gasteiger partial charge in [-0.25, -0.2) is 8.42 Å². The number of rotatable bonds is 5. The minimum Gasteiger partial charge on any atom is -0.481 e. The van der Waals surface area contributed by atoms with E-state index in [1.807, 2.05) is 35.2 Å². The monoisotopic (exact) mass is 378 g/mol. The second kappa shape index (κ2) is 6.68. The Morgan fingerprint density at radius 2 is 1.85 bits per heavy atom. The average molecular weight is 378 g/mol. The summed E-state index contributed by atoms with van der Waals surface area (Å²) in [5, 5.41) is 9.98. The summed E-state index contributed by atoms with van der Waals surface area (Å²) in [5.74, 6) is 0.204. The number of carboxylic acids is 1. The fraction of sp³-hybridized carbons (Fsp3) is 0.500. The van der Waals surface area contributed by atoms with Gasteiger partial charge < -0.3 is 9.52 Å². The number of fused-ring (bicyclic) bond motifs is 2. The molecule has 0 saturated carbocycles. The van der Waals surface area contributed by atoms with Crippen molar-refractivity contribution in [3.63, 3.8) is 0 Å². The van der Waals surface area contributed by atoms with Gasteiger partial charge in [-0.1, -0.05) is 18.2 Å². The topological polar surface area (TPSA) is 91.1 Å². The molecule has 1 aromatic carbocycles. The molecule has 2 aliphatic rings. The van der Waals surface area contributed by atoms with E-state index in [0.29, 0.717) is 26.2 Å². The van der Waals surface area contributed by atoms with Crippen LogP contribution in [0.3, 0.4) is 0 Å². The molecule has 0 radical (unpaired) electrons. The third-order valence-corrected chi connectivity index (χ3v) is 7.05. The molecule has 2 aliphatic heterocycles. The molecule has 0 spiro atoms. The number of sulfone groups is 1. The van der Waals surface area contributed by atoms with E-state index in [9.17, 15) is 13.2 Å². The van der Waals surface area contributed by atoms with Crippen LogP contribution in [0.25, 0.3) is 11.0 Å². The molecular formula is C18H22N2O5S. The summed E-state index contributed by atoms with van der Waals surface area (Å²) in [7, 11) is -3.11. The van der Waals surface area contributed by atoms with Gasteiger partial charge in [-0.3, -0.25) is 14.6 Å². The van der Waals surface area contributed by atoms with Crippen LogP contribution in [-0.2, 0) is 21.2 Å². The molecule has 0 amide bonds. The molecule has 0 aliphatic carbocycles. The fourth-order valence-electron chi connectivity index (χ4n) is 4.12. The molecule has 3 heterocycles. The van der Waals surface area contributed by atoms with Crippen molar-refractivity contribution in [2.45, 2.75) is 25.0 Å². The van der Waals surface area contributed by atoms with Gasteiger partial charge in [-0.15, -0.1) is 0 Å². The summed E-state index contributed by atoms with van der Waals surface area (Å²) in [6.45, 7) is 2.33. The molecule has 2 saturated heterocycles. The lowest BCUT2D eigenvalue weighted by atomic mass is 10.0. The van der Waals surface area contributed by atoms with Gasteiger partial charge in [-0.05, 0) is 12.1 Å². The number of piperazine rings is 1. The van der Waals surface area contributed by atoms with Crippen LogP contribution in [0.2, 0.25) is 0 Å². The molecule has 140 valence electrons. The Hall–Kier alpha value is -1.90. The molecule has 0 bridgehead atoms. The highest BCUT2D eigenvalue weighted by Gasteiger charge is 2.46. The van der Waals surface area contributed by atoms with Crippen molar-refractivity contribution in [2.24, 2.45) is 0 Å². The zero-order valence-corrected chi connectivity index (χ0v) is 15.2. The zero-order chi connectivity index (χ0) is 18.3. The van der Waals surface area contributed by atoms with Crippen LogP contribution in [-0.4, -0.2) is 72.5 Å². The predicted molar refractivity (Wildman–Crippen MR) is 96.7 cm³/mol. The number of hydrogen-bond acceptors (Lipinski definition) is 6. The highest BCUT2D eigenvalue weighted by atomic mass is 32.2. The molecule has 8 heteroatoms. The Kier molecular flexibility index (Phi) is 4.50. The standard InChI is InChI=1S/C18H22N2O5S/c21-18(22)5-6-19-7-8-20(16-12-26(23,24)11-15(16)19)10-14-9-13-3-1-2-4-17(13)25-14/h1-4,9,15-16H,5-8,10-12H2,(H,21,22)/t15-,16+/m0/s1. The third-order valence-electron chi connectivity index (χ3n) is 5.35. The lowest BCUT2D eigenvalue weighted by molar-refractivity contribution is -0.137. The lowest BCUT2D eigenvalue weighted by Crippen LogP contribution is -2.58. The summed E-state index contributed by atoms with van der Waals surface area (Å²) in [5.41, 5.74) is 0.832. The predicted octanol–water partition coefficient (Wildman–Crippen LogP) is 1.19. The van der Waals surface area contributed by atoms with E-state index in [-0.39, 0.29) is 30.0 Å². The van der Waals surface area contributed by atoms with Gasteiger partial charge in [0.2, 0.25) is 0 Å². The van der Waals surface area contributed by atoms with E-state index in [1.54, 1.807) is 0 Å². The maximum Gasteiger partial charge on any atom is 0.304 e. The summed E-state index contributed by atoms with van der Waals surface area (Å²) in [6, 6.07) is 9.55. The molecule has 7 nitrogen and oxygen atoms in total. The van der Waals surface area contributed by atoms with Crippen molar-refractivity contribution < 1.29 is 22.7 Å². The lowest BCUT2D eigenvalue weighted by Gasteiger charge is -2.43. The van der Waals surface area contributed by atoms with Gasteiger partial charge in [0.1, 0.15) is 11.3 Å². The number of nitrogens with zero attached hydrogens (tertiary/aromatic N) is 2. The van der Waals surface area contributed by atoms with Crippen molar-refractivity contribution in [3.05, 3.63) is 36.1 Å². The van der Waals surface area contributed by atoms with Gasteiger partial charge >= 0.3 is 5.97 Å². The Balaban J connectivity index is 1.53. The first kappa shape index (κ1) is 17.5. The van der Waals surface area contributed by atoms with Crippen LogP contribution in [0.1, 0.15) is 12.2 Å². The summed E-state index contributed by atoms with van der Waals surface area (Å²) in [6.07, 6.45) is 0.0346. The second-order valence-corrected chi connectivity index (χ2v) is 9.27. The van der Waals surface area contributed by atoms with Gasteiger partial charge in [0.15, 0.2) is 9.84 Å². The minimum atomic E-state index is -3.11. The number of carboxylic acid groups (broad SMARTS) is 1. The van der Waals surface area contributed by atoms with Crippen molar-refractivity contribution in [1.82, 2.24) is 9.80 Å². The number of para-hydroxylation sites is 1. The van der Waals surface area contributed by atoms with E-state index in [1.165, 1.54) is 0 Å². The van der Waals surface area contributed by atoms with Crippen LogP contribution in [0, 0.1) is 0 Å². The van der Waals surface area contributed by atoms with E-state index < -0.39 is 15.8 Å².